The number of halogens is 2. The van der Waals surface area contributed by atoms with E-state index in [0.717, 1.165) is 91.3 Å². The molecule has 1 amide bonds. The fourth-order valence-corrected chi connectivity index (χ4v) is 10.7. The molecular formula is C46H52Cl2N6O6S2. The van der Waals surface area contributed by atoms with Crippen LogP contribution < -0.4 is 26.0 Å². The topological polar surface area (TPSA) is 125 Å². The highest BCUT2D eigenvalue weighted by molar-refractivity contribution is 7.99. The predicted molar refractivity (Wildman–Crippen MR) is 254 cm³/mol. The Morgan fingerprint density at radius 3 is 1.97 bits per heavy atom. The highest BCUT2D eigenvalue weighted by atomic mass is 35.5. The molecule has 62 heavy (non-hydrogen) atoms. The van der Waals surface area contributed by atoms with E-state index in [1.165, 1.54) is 17.2 Å². The number of sulfonamides is 1. The van der Waals surface area contributed by atoms with E-state index in [2.05, 4.69) is 39.5 Å². The molecule has 0 spiro atoms. The smallest absolute Gasteiger partial charge is 0.285 e. The number of benzene rings is 4. The lowest BCUT2D eigenvalue weighted by Crippen LogP contribution is -2.36. The van der Waals surface area contributed by atoms with Crippen molar-refractivity contribution < 1.29 is 22.7 Å². The van der Waals surface area contributed by atoms with Crippen molar-refractivity contribution in [2.75, 3.05) is 79.6 Å². The van der Waals surface area contributed by atoms with Crippen molar-refractivity contribution >= 4 is 84.0 Å². The molecular weight excluding hydrogens is 868 g/mol. The maximum Gasteiger partial charge on any atom is 0.285 e. The Kier molecular flexibility index (Phi) is 15.3. The Balaban J connectivity index is 0.000000187. The maximum absolute atomic E-state index is 13.3. The monoisotopic (exact) mass is 918 g/mol. The molecule has 2 fully saturated rings. The van der Waals surface area contributed by atoms with Gasteiger partial charge in [0.15, 0.2) is 0 Å². The number of ether oxygens (including phenoxy) is 2. The first kappa shape index (κ1) is 45.2. The third-order valence-electron chi connectivity index (χ3n) is 10.7. The molecule has 328 valence electrons. The highest BCUT2D eigenvalue weighted by Gasteiger charge is 2.44. The van der Waals surface area contributed by atoms with Gasteiger partial charge >= 0.3 is 0 Å². The number of aryl methyl sites for hydroxylation is 1. The van der Waals surface area contributed by atoms with Gasteiger partial charge in [0, 0.05) is 61.4 Å². The van der Waals surface area contributed by atoms with Crippen molar-refractivity contribution in [3.8, 4) is 10.4 Å². The molecule has 12 nitrogen and oxygen atoms in total. The first-order valence-electron chi connectivity index (χ1n) is 21.0. The Hall–Kier alpha value is -4.83. The molecule has 4 heterocycles. The van der Waals surface area contributed by atoms with E-state index in [0.29, 0.717) is 46.6 Å². The van der Waals surface area contributed by atoms with Gasteiger partial charge in [-0.3, -0.25) is 13.5 Å². The number of hydrogen-bond acceptors (Lipinski definition) is 11. The predicted octanol–water partition coefficient (Wildman–Crippen LogP) is 9.54. The molecule has 0 atom stereocenters. The molecule has 3 aliphatic rings. The van der Waals surface area contributed by atoms with Gasteiger partial charge in [0.2, 0.25) is 0 Å². The molecule has 2 N–H and O–H groups in total. The standard InChI is InChI=1S/C23H26ClN3O4S.C23H26ClN3O2S/c1-2-3-11-27-23(28)21(22(32(27,29)30)17-7-5-4-6-8-17)25-18-9-10-20(19(24)16-18)26-12-14-31-15-13-26;1-2-3-11-27-23(28)21(22(30-27)17-5-4-6-18(24)16-17)25-19-7-9-20(10-8-19)26-12-14-29-15-13-26/h4-10,16,25H,2-3,11-15H2,1H3;4-10,16,25H,2-3,11-15H2,1H3. The fraction of sp³-hybridized carbons (Fsp3) is 0.348. The van der Waals surface area contributed by atoms with Gasteiger partial charge in [-0.1, -0.05) is 104 Å². The number of morpholine rings is 2. The molecule has 5 aromatic rings. The summed E-state index contributed by atoms with van der Waals surface area (Å²) in [6, 6.07) is 30.0. The Morgan fingerprint density at radius 1 is 0.694 bits per heavy atom. The molecule has 4 aromatic carbocycles. The van der Waals surface area contributed by atoms with Crippen LogP contribution in [0.5, 0.6) is 0 Å². The molecule has 8 rings (SSSR count). The zero-order chi connectivity index (χ0) is 43.6. The van der Waals surface area contributed by atoms with Crippen LogP contribution in [0.1, 0.15) is 45.1 Å². The van der Waals surface area contributed by atoms with Crippen LogP contribution in [-0.4, -0.2) is 81.7 Å². The summed E-state index contributed by atoms with van der Waals surface area (Å²) in [5.41, 5.74) is 5.59. The quantitative estimate of drug-likeness (QED) is 0.111. The van der Waals surface area contributed by atoms with Crippen molar-refractivity contribution in [2.24, 2.45) is 0 Å². The van der Waals surface area contributed by atoms with Crippen molar-refractivity contribution in [1.29, 1.82) is 0 Å². The van der Waals surface area contributed by atoms with Crippen LogP contribution in [0, 0.1) is 0 Å². The highest BCUT2D eigenvalue weighted by Crippen LogP contribution is 2.38. The van der Waals surface area contributed by atoms with E-state index < -0.39 is 15.9 Å². The lowest BCUT2D eigenvalue weighted by molar-refractivity contribution is -0.122. The van der Waals surface area contributed by atoms with Gasteiger partial charge in [0.05, 0.1) is 42.0 Å². The summed E-state index contributed by atoms with van der Waals surface area (Å²) in [7, 11) is -3.96. The van der Waals surface area contributed by atoms with Crippen LogP contribution in [0.15, 0.2) is 108 Å². The second-order valence-electron chi connectivity index (χ2n) is 15.0. The second-order valence-corrected chi connectivity index (χ2v) is 18.7. The first-order chi connectivity index (χ1) is 30.1. The number of amides is 1. The normalized spacial score (nSPS) is 16.3. The molecule has 0 unspecified atom stereocenters. The summed E-state index contributed by atoms with van der Waals surface area (Å²) in [5, 5.41) is 7.61. The lowest BCUT2D eigenvalue weighted by atomic mass is 10.1. The molecule has 0 saturated carbocycles. The number of carbonyl (C=O) groups is 1. The van der Waals surface area contributed by atoms with Gasteiger partial charge in [-0.05, 0) is 78.6 Å². The zero-order valence-electron chi connectivity index (χ0n) is 34.9. The van der Waals surface area contributed by atoms with Crippen molar-refractivity contribution in [3.05, 3.63) is 129 Å². The Labute approximate surface area is 377 Å². The van der Waals surface area contributed by atoms with Gasteiger partial charge in [-0.2, -0.15) is 0 Å². The summed E-state index contributed by atoms with van der Waals surface area (Å²) in [4.78, 5) is 31.7. The average Bonchev–Trinajstić information content (AvgIpc) is 3.69. The summed E-state index contributed by atoms with van der Waals surface area (Å²) in [5.74, 6) is -0.550. The van der Waals surface area contributed by atoms with E-state index in [9.17, 15) is 18.0 Å². The summed E-state index contributed by atoms with van der Waals surface area (Å²) in [6.07, 6.45) is 3.40. The third-order valence-corrected chi connectivity index (χ3v) is 14.3. The van der Waals surface area contributed by atoms with Gasteiger partial charge in [-0.25, -0.2) is 12.7 Å². The molecule has 0 aliphatic carbocycles. The van der Waals surface area contributed by atoms with E-state index in [4.69, 9.17) is 32.7 Å². The van der Waals surface area contributed by atoms with Gasteiger partial charge in [-0.15, -0.1) is 0 Å². The van der Waals surface area contributed by atoms with Gasteiger partial charge in [0.1, 0.15) is 16.3 Å². The number of rotatable bonds is 14. The van der Waals surface area contributed by atoms with Crippen LogP contribution in [0.2, 0.25) is 10.0 Å². The number of unbranched alkanes of at least 4 members (excludes halogenated alkanes) is 2. The summed E-state index contributed by atoms with van der Waals surface area (Å²) < 4.78 is 40.2. The number of nitrogens with one attached hydrogen (secondary N) is 2. The number of carbonyl (C=O) groups excluding carboxylic acids is 1. The van der Waals surface area contributed by atoms with Crippen LogP contribution >= 0.6 is 34.7 Å². The summed E-state index contributed by atoms with van der Waals surface area (Å²) in [6.45, 7) is 11.1. The lowest BCUT2D eigenvalue weighted by Gasteiger charge is -2.29. The van der Waals surface area contributed by atoms with Crippen molar-refractivity contribution in [1.82, 2.24) is 8.26 Å². The first-order valence-corrected chi connectivity index (χ1v) is 24.0. The van der Waals surface area contributed by atoms with E-state index >= 15 is 0 Å². The fourth-order valence-electron chi connectivity index (χ4n) is 7.40. The minimum atomic E-state index is -3.96. The number of nitrogens with zero attached hydrogens (tertiary/aromatic N) is 4. The number of hydrogen-bond donors (Lipinski definition) is 2. The van der Waals surface area contributed by atoms with Crippen molar-refractivity contribution in [3.63, 3.8) is 0 Å². The molecule has 0 radical (unpaired) electrons. The maximum atomic E-state index is 13.3. The molecule has 3 aliphatic heterocycles. The van der Waals surface area contributed by atoms with E-state index in [1.807, 2.05) is 53.3 Å². The van der Waals surface area contributed by atoms with E-state index in [1.54, 1.807) is 42.5 Å². The second kappa shape index (κ2) is 21.0. The zero-order valence-corrected chi connectivity index (χ0v) is 38.1. The van der Waals surface area contributed by atoms with Crippen LogP contribution in [0.3, 0.4) is 0 Å². The Morgan fingerprint density at radius 2 is 1.32 bits per heavy atom. The molecule has 1 aromatic heterocycles. The largest absolute Gasteiger partial charge is 0.378 e. The van der Waals surface area contributed by atoms with Crippen molar-refractivity contribution in [2.45, 2.75) is 46.1 Å². The van der Waals surface area contributed by atoms with Crippen LogP contribution in [-0.2, 0) is 30.8 Å². The van der Waals surface area contributed by atoms with Crippen LogP contribution in [0.25, 0.3) is 15.3 Å². The number of aromatic nitrogens is 1. The van der Waals surface area contributed by atoms with Gasteiger partial charge in [0.25, 0.3) is 21.5 Å². The van der Waals surface area contributed by atoms with Gasteiger partial charge < -0.3 is 29.9 Å². The summed E-state index contributed by atoms with van der Waals surface area (Å²) >= 11 is 14.2. The minimum absolute atomic E-state index is 0.00687. The number of anilines is 5. The Bertz CT molecular complexity index is 2520. The van der Waals surface area contributed by atoms with Crippen LogP contribution in [0.4, 0.5) is 28.4 Å². The SMILES string of the molecule is CCCCN1C(=O)C(Nc2ccc(N3CCOCC3)c(Cl)c2)=C(c2ccccc2)S1(=O)=O.CCCCn1sc(-c2cccc(Cl)c2)c(Nc2ccc(N3CCOCC3)cc2)c1=O. The molecule has 16 heteroatoms. The minimum Gasteiger partial charge on any atom is -0.378 e. The molecule has 2 saturated heterocycles. The third kappa shape index (κ3) is 10.5. The van der Waals surface area contributed by atoms with E-state index in [-0.39, 0.29) is 22.7 Å². The average molecular weight is 920 g/mol. The molecule has 0 bridgehead atoms.